The first kappa shape index (κ1) is 16.2. The number of likely N-dealkylation sites (tertiary alicyclic amines) is 1. The molecule has 3 heteroatoms. The van der Waals surface area contributed by atoms with Gasteiger partial charge in [0.1, 0.15) is 0 Å². The maximum atomic E-state index is 5.67. The summed E-state index contributed by atoms with van der Waals surface area (Å²) in [5.74, 6) is 0. The van der Waals surface area contributed by atoms with Gasteiger partial charge in [-0.05, 0) is 0 Å². The molecule has 2 heterocycles. The molecular weight excluding hydrogens is 345 g/mol. The summed E-state index contributed by atoms with van der Waals surface area (Å²) in [7, 11) is 0. The fourth-order valence-corrected chi connectivity index (χ4v) is 8.71. The first-order valence-corrected chi connectivity index (χ1v) is 13.7. The molecule has 0 N–H and O–H groups in total. The van der Waals surface area contributed by atoms with Crippen LogP contribution < -0.4 is 0 Å². The number of hydrogen-bond donors (Lipinski definition) is 0. The van der Waals surface area contributed by atoms with E-state index in [1.807, 2.05) is 0 Å². The van der Waals surface area contributed by atoms with Gasteiger partial charge in [-0.1, -0.05) is 0 Å². The van der Waals surface area contributed by atoms with Crippen molar-refractivity contribution >= 4 is 14.7 Å². The van der Waals surface area contributed by atoms with Crippen LogP contribution in [0.2, 0.25) is 11.4 Å². The van der Waals surface area contributed by atoms with Gasteiger partial charge < -0.3 is 0 Å². The van der Waals surface area contributed by atoms with E-state index in [9.17, 15) is 0 Å². The monoisotopic (exact) mass is 374 g/mol. The number of benzene rings is 1. The SMILES string of the molecule is C[As](C)C1(c2ccccc2)CCC2(CCN(C3[CH]CO3)C2)CC1. The molecule has 1 aromatic rings. The third-order valence-electron chi connectivity index (χ3n) is 6.70. The van der Waals surface area contributed by atoms with E-state index in [0.717, 1.165) is 6.61 Å². The van der Waals surface area contributed by atoms with Crippen LogP contribution in [0.3, 0.4) is 0 Å². The molecule has 23 heavy (non-hydrogen) atoms. The van der Waals surface area contributed by atoms with Crippen LogP contribution in [0.1, 0.15) is 37.7 Å². The van der Waals surface area contributed by atoms with Crippen molar-refractivity contribution in [1.82, 2.24) is 4.90 Å². The quantitative estimate of drug-likeness (QED) is 0.741. The van der Waals surface area contributed by atoms with E-state index >= 15 is 0 Å². The van der Waals surface area contributed by atoms with Crippen LogP contribution in [0.15, 0.2) is 30.3 Å². The van der Waals surface area contributed by atoms with Crippen molar-refractivity contribution in [3.05, 3.63) is 42.3 Å². The molecule has 2 aliphatic heterocycles. The normalized spacial score (nSPS) is 38.1. The molecule has 1 aliphatic carbocycles. The molecule has 2 nitrogen and oxygen atoms in total. The number of hydrogen-bond acceptors (Lipinski definition) is 2. The Bertz CT molecular complexity index is 532. The van der Waals surface area contributed by atoms with E-state index in [2.05, 4.69) is 53.1 Å². The minimum absolute atomic E-state index is 0.329. The van der Waals surface area contributed by atoms with Gasteiger partial charge in [0.2, 0.25) is 0 Å². The van der Waals surface area contributed by atoms with Crippen LogP contribution in [-0.2, 0) is 8.94 Å². The van der Waals surface area contributed by atoms with Gasteiger partial charge in [-0.2, -0.15) is 0 Å². The second-order valence-electron chi connectivity index (χ2n) is 7.97. The van der Waals surface area contributed by atoms with E-state index in [1.165, 1.54) is 45.2 Å². The van der Waals surface area contributed by atoms with E-state index < -0.39 is 14.7 Å². The molecular formula is C20H29AsNO. The Balaban J connectivity index is 1.49. The average Bonchev–Trinajstić information content (AvgIpc) is 2.91. The van der Waals surface area contributed by atoms with Crippen molar-refractivity contribution in [2.75, 3.05) is 19.7 Å². The molecule has 4 rings (SSSR count). The van der Waals surface area contributed by atoms with Gasteiger partial charge in [0.25, 0.3) is 0 Å². The summed E-state index contributed by atoms with van der Waals surface area (Å²) in [6.45, 7) is 3.35. The van der Waals surface area contributed by atoms with E-state index in [4.69, 9.17) is 4.74 Å². The van der Waals surface area contributed by atoms with Crippen LogP contribution in [0.25, 0.3) is 0 Å². The summed E-state index contributed by atoms with van der Waals surface area (Å²) in [6, 6.07) is 11.4. The third-order valence-corrected chi connectivity index (χ3v) is 11.8. The van der Waals surface area contributed by atoms with Gasteiger partial charge >= 0.3 is 146 Å². The summed E-state index contributed by atoms with van der Waals surface area (Å²) in [4.78, 5) is 2.58. The number of nitrogens with zero attached hydrogens (tertiary/aromatic N) is 1. The standard InChI is InChI=1S/C20H29AsNO/c1-21(2)20(17-6-4-3-5-7-17)11-9-19(10-12-20)13-14-22(16-19)18-8-15-23-18/h3-8,18H,9-16H2,1-2H3. The van der Waals surface area contributed by atoms with Crippen molar-refractivity contribution in [3.8, 4) is 0 Å². The molecule has 125 valence electrons. The Hall–Kier alpha value is -0.302. The van der Waals surface area contributed by atoms with Crippen molar-refractivity contribution in [2.45, 2.75) is 54.0 Å². The molecule has 1 spiro atoms. The van der Waals surface area contributed by atoms with Gasteiger partial charge in [-0.3, -0.25) is 0 Å². The van der Waals surface area contributed by atoms with Gasteiger partial charge in [0, 0.05) is 0 Å². The fraction of sp³-hybridized carbons (Fsp3) is 0.650. The van der Waals surface area contributed by atoms with Gasteiger partial charge in [-0.25, -0.2) is 0 Å². The van der Waals surface area contributed by atoms with Crippen LogP contribution in [0.5, 0.6) is 0 Å². The maximum absolute atomic E-state index is 5.67. The molecule has 1 aromatic carbocycles. The van der Waals surface area contributed by atoms with Crippen LogP contribution in [0.4, 0.5) is 0 Å². The fourth-order valence-electron chi connectivity index (χ4n) is 4.97. The molecule has 1 radical (unpaired) electrons. The van der Waals surface area contributed by atoms with Gasteiger partial charge in [0.05, 0.1) is 0 Å². The van der Waals surface area contributed by atoms with Gasteiger partial charge in [-0.15, -0.1) is 0 Å². The molecule has 3 fully saturated rings. The molecule has 0 bridgehead atoms. The molecule has 1 saturated carbocycles. The Kier molecular flexibility index (Phi) is 4.37. The zero-order chi connectivity index (χ0) is 15.9. The predicted molar refractivity (Wildman–Crippen MR) is 96.7 cm³/mol. The Labute approximate surface area is 145 Å². The molecule has 0 aromatic heterocycles. The Morgan fingerprint density at radius 1 is 1.04 bits per heavy atom. The Morgan fingerprint density at radius 3 is 2.30 bits per heavy atom. The topological polar surface area (TPSA) is 12.5 Å². The minimum atomic E-state index is -0.822. The number of rotatable bonds is 3. The zero-order valence-corrected chi connectivity index (χ0v) is 16.4. The second kappa shape index (κ2) is 6.21. The van der Waals surface area contributed by atoms with Gasteiger partial charge in [0.15, 0.2) is 0 Å². The van der Waals surface area contributed by atoms with Crippen molar-refractivity contribution < 1.29 is 4.74 Å². The van der Waals surface area contributed by atoms with Crippen molar-refractivity contribution in [1.29, 1.82) is 0 Å². The third kappa shape index (κ3) is 2.81. The van der Waals surface area contributed by atoms with Crippen molar-refractivity contribution in [3.63, 3.8) is 0 Å². The number of ether oxygens (including phenoxy) is 1. The summed E-state index contributed by atoms with van der Waals surface area (Å²) in [5.41, 5.74) is 7.34. The van der Waals surface area contributed by atoms with Crippen molar-refractivity contribution in [2.24, 2.45) is 5.41 Å². The molecule has 1 atom stereocenters. The zero-order valence-electron chi connectivity index (χ0n) is 14.5. The van der Waals surface area contributed by atoms with Crippen LogP contribution in [0, 0.1) is 11.8 Å². The molecule has 3 aliphatic rings. The van der Waals surface area contributed by atoms with Crippen LogP contribution in [-0.4, -0.2) is 45.5 Å². The second-order valence-corrected chi connectivity index (χ2v) is 13.5. The first-order chi connectivity index (χ1) is 11.1. The molecule has 0 amide bonds. The molecule has 2 saturated heterocycles. The van der Waals surface area contributed by atoms with E-state index in [1.54, 1.807) is 5.56 Å². The summed E-state index contributed by atoms with van der Waals surface area (Å²) >= 11 is -0.822. The average molecular weight is 374 g/mol. The van der Waals surface area contributed by atoms with E-state index in [0.29, 0.717) is 15.8 Å². The van der Waals surface area contributed by atoms with Crippen LogP contribution >= 0.6 is 0 Å². The molecule has 1 unspecified atom stereocenters. The predicted octanol–water partition coefficient (Wildman–Crippen LogP) is 4.04. The summed E-state index contributed by atoms with van der Waals surface area (Å²) in [6.07, 6.45) is 9.68. The summed E-state index contributed by atoms with van der Waals surface area (Å²) < 4.78 is 6.21. The summed E-state index contributed by atoms with van der Waals surface area (Å²) in [5, 5.41) is 0. The van der Waals surface area contributed by atoms with E-state index in [-0.39, 0.29) is 0 Å². The Morgan fingerprint density at radius 2 is 1.74 bits per heavy atom. The first-order valence-electron chi connectivity index (χ1n) is 9.06.